The molecule has 0 atom stereocenters. The van der Waals surface area contributed by atoms with Crippen molar-refractivity contribution in [3.63, 3.8) is 0 Å². The van der Waals surface area contributed by atoms with E-state index in [2.05, 4.69) is 4.98 Å². The van der Waals surface area contributed by atoms with Gasteiger partial charge in [-0.2, -0.15) is 0 Å². The highest BCUT2D eigenvalue weighted by Crippen LogP contribution is 2.30. The van der Waals surface area contributed by atoms with Gasteiger partial charge in [-0.25, -0.2) is 9.37 Å². The summed E-state index contributed by atoms with van der Waals surface area (Å²) in [6.45, 7) is 2.65. The highest BCUT2D eigenvalue weighted by Gasteiger charge is 2.19. The van der Waals surface area contributed by atoms with Gasteiger partial charge in [-0.1, -0.05) is 11.6 Å². The number of halogens is 2. The van der Waals surface area contributed by atoms with Crippen LogP contribution in [0.2, 0.25) is 5.15 Å². The summed E-state index contributed by atoms with van der Waals surface area (Å²) in [5.74, 6) is 0.386. The van der Waals surface area contributed by atoms with Crippen LogP contribution >= 0.6 is 11.6 Å². The van der Waals surface area contributed by atoms with E-state index in [4.69, 9.17) is 21.1 Å². The molecule has 1 fully saturated rings. The summed E-state index contributed by atoms with van der Waals surface area (Å²) in [5, 5.41) is -0.137. The van der Waals surface area contributed by atoms with Crippen LogP contribution in [0, 0.1) is 5.82 Å². The maximum absolute atomic E-state index is 13.2. The third-order valence-electron chi connectivity index (χ3n) is 2.41. The van der Waals surface area contributed by atoms with Gasteiger partial charge in [0.15, 0.2) is 22.5 Å². The first kappa shape index (κ1) is 11.4. The molecule has 1 aliphatic heterocycles. The summed E-state index contributed by atoms with van der Waals surface area (Å²) in [4.78, 5) is 5.97. The monoisotopic (exact) mass is 246 g/mol. The van der Waals surface area contributed by atoms with Crippen molar-refractivity contribution < 1.29 is 13.9 Å². The van der Waals surface area contributed by atoms with Crippen molar-refractivity contribution in [3.05, 3.63) is 17.0 Å². The van der Waals surface area contributed by atoms with Gasteiger partial charge in [-0.05, 0) is 0 Å². The molecule has 4 nitrogen and oxygen atoms in total. The molecule has 1 aliphatic rings. The third-order valence-corrected chi connectivity index (χ3v) is 2.67. The smallest absolute Gasteiger partial charge is 0.173 e. The van der Waals surface area contributed by atoms with Crippen LogP contribution in [-0.4, -0.2) is 38.4 Å². The average molecular weight is 247 g/mol. The van der Waals surface area contributed by atoms with Gasteiger partial charge in [0.25, 0.3) is 0 Å². The van der Waals surface area contributed by atoms with E-state index in [0.717, 1.165) is 0 Å². The molecular weight excluding hydrogens is 235 g/mol. The summed E-state index contributed by atoms with van der Waals surface area (Å²) in [6, 6.07) is 1.25. The lowest BCUT2D eigenvalue weighted by molar-refractivity contribution is 0.122. The van der Waals surface area contributed by atoms with Crippen molar-refractivity contribution in [2.24, 2.45) is 0 Å². The maximum Gasteiger partial charge on any atom is 0.173 e. The van der Waals surface area contributed by atoms with Gasteiger partial charge in [0.2, 0.25) is 0 Å². The van der Waals surface area contributed by atoms with Crippen molar-refractivity contribution in [2.45, 2.75) is 0 Å². The zero-order chi connectivity index (χ0) is 11.5. The van der Waals surface area contributed by atoms with Crippen molar-refractivity contribution in [1.82, 2.24) is 4.98 Å². The molecule has 6 heteroatoms. The molecule has 0 aliphatic carbocycles. The molecule has 0 bridgehead atoms. The summed E-state index contributed by atoms with van der Waals surface area (Å²) in [5.41, 5.74) is 0. The summed E-state index contributed by atoms with van der Waals surface area (Å²) < 4.78 is 23.5. The fourth-order valence-corrected chi connectivity index (χ4v) is 1.73. The SMILES string of the molecule is COc1cc(F)c(Cl)nc1N1CCOCC1. The first-order valence-corrected chi connectivity index (χ1v) is 5.33. The Labute approximate surface area is 97.9 Å². The van der Waals surface area contributed by atoms with E-state index in [1.807, 2.05) is 4.90 Å². The standard InChI is InChI=1S/C10H12ClFN2O2/c1-15-8-6-7(12)9(11)13-10(8)14-2-4-16-5-3-14/h6H,2-5H2,1H3. The number of nitrogens with zero attached hydrogens (tertiary/aromatic N) is 2. The lowest BCUT2D eigenvalue weighted by Gasteiger charge is -2.28. The van der Waals surface area contributed by atoms with Crippen LogP contribution in [0.25, 0.3) is 0 Å². The molecule has 0 saturated carbocycles. The number of hydrogen-bond acceptors (Lipinski definition) is 4. The molecule has 1 aromatic rings. The Morgan fingerprint density at radius 2 is 2.19 bits per heavy atom. The normalized spacial score (nSPS) is 16.3. The number of aromatic nitrogens is 1. The minimum absolute atomic E-state index is 0.137. The van der Waals surface area contributed by atoms with Crippen molar-refractivity contribution in [1.29, 1.82) is 0 Å². The first-order valence-electron chi connectivity index (χ1n) is 4.95. The van der Waals surface area contributed by atoms with Crippen LogP contribution < -0.4 is 9.64 Å². The molecule has 0 spiro atoms. The summed E-state index contributed by atoms with van der Waals surface area (Å²) in [6.07, 6.45) is 0. The fraction of sp³-hybridized carbons (Fsp3) is 0.500. The van der Waals surface area contributed by atoms with Crippen LogP contribution in [0.3, 0.4) is 0 Å². The minimum atomic E-state index is -0.574. The van der Waals surface area contributed by atoms with Gasteiger partial charge in [0.05, 0.1) is 20.3 Å². The molecule has 0 amide bonds. The van der Waals surface area contributed by atoms with E-state index in [1.54, 1.807) is 0 Å². The van der Waals surface area contributed by atoms with Crippen LogP contribution in [0.1, 0.15) is 0 Å². The highest BCUT2D eigenvalue weighted by atomic mass is 35.5. The van der Waals surface area contributed by atoms with Gasteiger partial charge < -0.3 is 14.4 Å². The minimum Gasteiger partial charge on any atom is -0.493 e. The predicted molar refractivity (Wildman–Crippen MR) is 58.8 cm³/mol. The van der Waals surface area contributed by atoms with Crippen molar-refractivity contribution in [3.8, 4) is 5.75 Å². The summed E-state index contributed by atoms with van der Waals surface area (Å²) in [7, 11) is 1.48. The summed E-state index contributed by atoms with van der Waals surface area (Å²) >= 11 is 5.66. The zero-order valence-corrected chi connectivity index (χ0v) is 9.63. The number of pyridine rings is 1. The molecule has 1 aromatic heterocycles. The van der Waals surface area contributed by atoms with E-state index >= 15 is 0 Å². The first-order chi connectivity index (χ1) is 7.72. The van der Waals surface area contributed by atoms with Crippen LogP contribution in [-0.2, 0) is 4.74 Å². The second kappa shape index (κ2) is 4.84. The Bertz CT molecular complexity index is 383. The zero-order valence-electron chi connectivity index (χ0n) is 8.87. The largest absolute Gasteiger partial charge is 0.493 e. The molecule has 2 rings (SSSR count). The van der Waals surface area contributed by atoms with Crippen LogP contribution in [0.15, 0.2) is 6.07 Å². The number of rotatable bonds is 2. The van der Waals surface area contributed by atoms with E-state index in [9.17, 15) is 4.39 Å². The van der Waals surface area contributed by atoms with Gasteiger partial charge in [0, 0.05) is 19.2 Å². The fourth-order valence-electron chi connectivity index (χ4n) is 1.59. The molecule has 0 radical (unpaired) electrons. The Hall–Kier alpha value is -1.07. The predicted octanol–water partition coefficient (Wildman–Crippen LogP) is 1.72. The molecule has 1 saturated heterocycles. The lowest BCUT2D eigenvalue weighted by atomic mass is 10.3. The molecule has 0 unspecified atom stereocenters. The highest BCUT2D eigenvalue weighted by molar-refractivity contribution is 6.29. The number of hydrogen-bond donors (Lipinski definition) is 0. The Morgan fingerprint density at radius 1 is 1.50 bits per heavy atom. The molecular formula is C10H12ClFN2O2. The molecule has 0 N–H and O–H groups in total. The van der Waals surface area contributed by atoms with Crippen molar-refractivity contribution in [2.75, 3.05) is 38.3 Å². The van der Waals surface area contributed by atoms with Crippen LogP contribution in [0.4, 0.5) is 10.2 Å². The van der Waals surface area contributed by atoms with Gasteiger partial charge >= 0.3 is 0 Å². The second-order valence-corrected chi connectivity index (χ2v) is 3.74. The van der Waals surface area contributed by atoms with E-state index in [0.29, 0.717) is 37.9 Å². The number of morpholine rings is 1. The van der Waals surface area contributed by atoms with Gasteiger partial charge in [-0.3, -0.25) is 0 Å². The van der Waals surface area contributed by atoms with E-state index in [1.165, 1.54) is 13.2 Å². The van der Waals surface area contributed by atoms with Crippen LogP contribution in [0.5, 0.6) is 5.75 Å². The maximum atomic E-state index is 13.2. The number of methoxy groups -OCH3 is 1. The molecule has 0 aromatic carbocycles. The van der Waals surface area contributed by atoms with Gasteiger partial charge in [-0.15, -0.1) is 0 Å². The second-order valence-electron chi connectivity index (χ2n) is 3.39. The van der Waals surface area contributed by atoms with E-state index < -0.39 is 5.82 Å². The Balaban J connectivity index is 2.33. The topological polar surface area (TPSA) is 34.6 Å². The number of anilines is 1. The van der Waals surface area contributed by atoms with Crippen molar-refractivity contribution >= 4 is 17.4 Å². The lowest BCUT2D eigenvalue weighted by Crippen LogP contribution is -2.37. The quantitative estimate of drug-likeness (QED) is 0.745. The average Bonchev–Trinajstić information content (AvgIpc) is 2.33. The molecule has 88 valence electrons. The van der Waals surface area contributed by atoms with E-state index in [-0.39, 0.29) is 5.15 Å². The Kier molecular flexibility index (Phi) is 3.46. The Morgan fingerprint density at radius 3 is 2.81 bits per heavy atom. The molecule has 2 heterocycles. The number of ether oxygens (including phenoxy) is 2. The third kappa shape index (κ3) is 2.20. The molecule has 16 heavy (non-hydrogen) atoms. The van der Waals surface area contributed by atoms with Gasteiger partial charge in [0.1, 0.15) is 0 Å².